The molecule has 0 aliphatic carbocycles. The van der Waals surface area contributed by atoms with E-state index in [1.807, 2.05) is 0 Å². The van der Waals surface area contributed by atoms with Crippen molar-refractivity contribution < 1.29 is 54.5 Å². The molecule has 0 aliphatic heterocycles. The number of benzene rings is 3. The molecule has 3 rings (SSSR count). The lowest BCUT2D eigenvalue weighted by molar-refractivity contribution is 0.0440. The monoisotopic (exact) mass is 692 g/mol. The molecule has 0 atom stereocenters. The van der Waals surface area contributed by atoms with Gasteiger partial charge in [-0.25, -0.2) is 9.59 Å². The number of carbonyl (C=O) groups is 2. The van der Waals surface area contributed by atoms with Gasteiger partial charge < -0.3 is 18.9 Å². The maximum atomic E-state index is 12.3. The fourth-order valence-electron chi connectivity index (χ4n) is 3.75. The molecule has 0 spiro atoms. The first-order chi connectivity index (χ1) is 22.7. The molecular formula is C30H20N4O12S2. The van der Waals surface area contributed by atoms with Gasteiger partial charge in [-0.3, -0.25) is 9.11 Å². The molecule has 0 aromatic heterocycles. The number of esters is 2. The minimum absolute atomic E-state index is 0.0422. The molecule has 244 valence electrons. The van der Waals surface area contributed by atoms with E-state index in [1.165, 1.54) is 0 Å². The Morgan fingerprint density at radius 3 is 1.15 bits per heavy atom. The third kappa shape index (κ3) is 9.37. The smallest absolute Gasteiger partial charge is 0.338 e. The number of rotatable bonds is 12. The van der Waals surface area contributed by atoms with E-state index >= 15 is 0 Å². The van der Waals surface area contributed by atoms with Crippen molar-refractivity contribution in [1.82, 2.24) is 0 Å². The van der Waals surface area contributed by atoms with Gasteiger partial charge in [0.25, 0.3) is 20.2 Å². The molecule has 48 heavy (non-hydrogen) atoms. The molecule has 0 saturated carbocycles. The normalized spacial score (nSPS) is 10.6. The van der Waals surface area contributed by atoms with Gasteiger partial charge >= 0.3 is 11.9 Å². The Kier molecular flexibility index (Phi) is 11.9. The van der Waals surface area contributed by atoms with Crippen LogP contribution < -0.4 is 19.9 Å². The lowest BCUT2D eigenvalue weighted by atomic mass is 10.1. The highest BCUT2D eigenvalue weighted by Crippen LogP contribution is 2.14. The molecule has 0 aliphatic rings. The first-order valence-corrected chi connectivity index (χ1v) is 15.9. The van der Waals surface area contributed by atoms with Crippen molar-refractivity contribution in [1.29, 1.82) is 21.0 Å². The van der Waals surface area contributed by atoms with Crippen LogP contribution in [0.3, 0.4) is 0 Å². The van der Waals surface area contributed by atoms with Crippen molar-refractivity contribution in [3.63, 3.8) is 0 Å². The average molecular weight is 693 g/mol. The number of carbonyl (C=O) groups excluding carboxylic acids is 2. The number of ether oxygens (including phenoxy) is 4. The standard InChI is InChI=1S/C30H20N4O12S2/c31-15-21(16-32)25-14-28(44-10-12-46-30(36)20-3-7-24(8-4-20)48(40,41)42)26(22(17-33)18-34)13-27(25)43-9-11-45-29(35)19-1-5-23(6-2-19)47(37,38)39/h1-8,13-14H,9-12H2,(H,37,38,39)(H,40,41,42). The van der Waals surface area contributed by atoms with Crippen LogP contribution in [0, 0.1) is 45.3 Å². The van der Waals surface area contributed by atoms with Gasteiger partial charge in [-0.1, -0.05) is 0 Å². The van der Waals surface area contributed by atoms with E-state index in [2.05, 4.69) is 0 Å². The van der Waals surface area contributed by atoms with Crippen molar-refractivity contribution in [2.24, 2.45) is 0 Å². The summed E-state index contributed by atoms with van der Waals surface area (Å²) >= 11 is 0. The summed E-state index contributed by atoms with van der Waals surface area (Å²) in [6.07, 6.45) is 0. The van der Waals surface area contributed by atoms with Crippen LogP contribution in [0.1, 0.15) is 20.7 Å². The Morgan fingerprint density at radius 2 is 0.875 bits per heavy atom. The van der Waals surface area contributed by atoms with Gasteiger partial charge in [0, 0.05) is 10.4 Å². The minimum atomic E-state index is -4.47. The van der Waals surface area contributed by atoms with Crippen LogP contribution in [0.4, 0.5) is 0 Å². The summed E-state index contributed by atoms with van der Waals surface area (Å²) < 4.78 is 84.2. The molecule has 18 heteroatoms. The molecule has 2 N–H and O–H groups in total. The Hall–Kier alpha value is -6.28. The third-order valence-corrected chi connectivity index (χ3v) is 7.73. The van der Waals surface area contributed by atoms with Crippen LogP contribution in [0.5, 0.6) is 11.5 Å². The highest BCUT2D eigenvalue weighted by Gasteiger charge is 2.16. The predicted molar refractivity (Wildman–Crippen MR) is 159 cm³/mol. The maximum absolute atomic E-state index is 12.3. The molecule has 0 fully saturated rings. The number of hydrogen-bond acceptors (Lipinski definition) is 14. The zero-order chi connectivity index (χ0) is 35.5. The fraction of sp³-hybridized carbons (Fsp3) is 0.133. The van der Waals surface area contributed by atoms with Gasteiger partial charge in [-0.15, -0.1) is 0 Å². The van der Waals surface area contributed by atoms with Gasteiger partial charge in [0.05, 0.1) is 20.9 Å². The summed E-state index contributed by atoms with van der Waals surface area (Å²) in [5.41, 5.74) is -0.987. The van der Waals surface area contributed by atoms with E-state index in [0.717, 1.165) is 60.7 Å². The molecule has 0 radical (unpaired) electrons. The summed E-state index contributed by atoms with van der Waals surface area (Å²) in [6.45, 7) is -1.45. The first kappa shape index (κ1) is 36.2. The Balaban J connectivity index is 1.78. The molecule has 0 unspecified atom stereocenters. The second-order valence-corrected chi connectivity index (χ2v) is 11.9. The van der Waals surface area contributed by atoms with Crippen LogP contribution in [-0.4, -0.2) is 64.3 Å². The third-order valence-electron chi connectivity index (χ3n) is 5.99. The van der Waals surface area contributed by atoms with E-state index < -0.39 is 53.1 Å². The molecular weight excluding hydrogens is 672 g/mol. The summed E-state index contributed by atoms with van der Waals surface area (Å²) in [7, 11) is -8.94. The number of hydrogen-bond donors (Lipinski definition) is 2. The molecule has 3 aromatic carbocycles. The van der Waals surface area contributed by atoms with Crippen molar-refractivity contribution in [3.05, 3.63) is 82.2 Å². The highest BCUT2D eigenvalue weighted by molar-refractivity contribution is 7.86. The molecule has 0 saturated heterocycles. The van der Waals surface area contributed by atoms with Crippen LogP contribution >= 0.6 is 0 Å². The van der Waals surface area contributed by atoms with E-state index in [9.17, 15) is 47.5 Å². The van der Waals surface area contributed by atoms with Crippen LogP contribution in [0.15, 0.2) is 70.5 Å². The van der Waals surface area contributed by atoms with Crippen molar-refractivity contribution >= 4 is 43.3 Å². The van der Waals surface area contributed by atoms with Crippen LogP contribution in [0.2, 0.25) is 0 Å². The number of nitrogens with zero attached hydrogens (tertiary/aromatic N) is 4. The Labute approximate surface area is 272 Å². The lowest BCUT2D eigenvalue weighted by Gasteiger charge is -2.12. The van der Waals surface area contributed by atoms with Crippen molar-refractivity contribution in [3.8, 4) is 35.8 Å². The Bertz CT molecular complexity index is 2060. The zero-order valence-corrected chi connectivity index (χ0v) is 25.8. The molecule has 0 amide bonds. The summed E-state index contributed by atoms with van der Waals surface area (Å²) in [4.78, 5) is 23.8. The second-order valence-electron chi connectivity index (χ2n) is 9.01. The maximum Gasteiger partial charge on any atom is 0.338 e. The van der Waals surface area contributed by atoms with E-state index in [-0.39, 0.29) is 59.5 Å². The lowest BCUT2D eigenvalue weighted by Crippen LogP contribution is -2.23. The second kappa shape index (κ2) is 15.8. The minimum Gasteiger partial charge on any atom is -0.489 e. The van der Waals surface area contributed by atoms with Crippen LogP contribution in [0.25, 0.3) is 11.1 Å². The van der Waals surface area contributed by atoms with E-state index in [0.29, 0.717) is 0 Å². The predicted octanol–water partition coefficient (Wildman–Crippen LogP) is 1.05. The van der Waals surface area contributed by atoms with E-state index in [4.69, 9.17) is 28.1 Å². The zero-order valence-electron chi connectivity index (χ0n) is 24.2. The SMILES string of the molecule is N#CC(C#N)=c1cc(OCCOC(=O)c2ccc(S(=O)(=O)O)cc2)c(=C(C#N)C#N)cc1OCCOC(=O)c1ccc(S(=O)(=O)O)cc1. The van der Waals surface area contributed by atoms with Gasteiger partial charge in [-0.2, -0.15) is 37.9 Å². The topological polar surface area (TPSA) is 275 Å². The molecule has 3 aromatic rings. The van der Waals surface area contributed by atoms with Gasteiger partial charge in [0.15, 0.2) is 0 Å². The summed E-state index contributed by atoms with van der Waals surface area (Å²) in [6, 6.07) is 17.5. The summed E-state index contributed by atoms with van der Waals surface area (Å²) in [5.74, 6) is -2.06. The van der Waals surface area contributed by atoms with Gasteiger partial charge in [0.2, 0.25) is 0 Å². The Morgan fingerprint density at radius 1 is 0.562 bits per heavy atom. The van der Waals surface area contributed by atoms with Gasteiger partial charge in [0.1, 0.15) is 73.3 Å². The van der Waals surface area contributed by atoms with E-state index in [1.54, 1.807) is 24.3 Å². The first-order valence-electron chi connectivity index (χ1n) is 13.0. The largest absolute Gasteiger partial charge is 0.489 e. The quantitative estimate of drug-likeness (QED) is 0.152. The fourth-order valence-corrected chi connectivity index (χ4v) is 4.71. The summed E-state index contributed by atoms with van der Waals surface area (Å²) in [5, 5.41) is 37.8. The molecule has 0 bridgehead atoms. The number of nitriles is 4. The van der Waals surface area contributed by atoms with Crippen molar-refractivity contribution in [2.75, 3.05) is 26.4 Å². The van der Waals surface area contributed by atoms with Gasteiger partial charge in [-0.05, 0) is 60.7 Å². The average Bonchev–Trinajstić information content (AvgIpc) is 3.06. The van der Waals surface area contributed by atoms with Crippen molar-refractivity contribution in [2.45, 2.75) is 9.79 Å². The molecule has 16 nitrogen and oxygen atoms in total. The molecule has 0 heterocycles. The van der Waals surface area contributed by atoms with Crippen LogP contribution in [-0.2, 0) is 29.7 Å². The highest BCUT2D eigenvalue weighted by atomic mass is 32.2.